The zero-order chi connectivity index (χ0) is 14.7. The van der Waals surface area contributed by atoms with Crippen LogP contribution in [-0.4, -0.2) is 28.8 Å². The number of methoxy groups -OCH3 is 1. The normalized spacial score (nSPS) is 10.1. The molecule has 1 aromatic carbocycles. The molecule has 20 heavy (non-hydrogen) atoms. The second kappa shape index (κ2) is 5.31. The molecule has 8 nitrogen and oxygen atoms in total. The number of carbonyl (C=O) groups is 2. The fourth-order valence-corrected chi connectivity index (χ4v) is 1.65. The number of rotatable bonds is 4. The summed E-state index contributed by atoms with van der Waals surface area (Å²) < 4.78 is 6.46. The molecule has 0 bridgehead atoms. The first-order chi connectivity index (χ1) is 9.51. The van der Waals surface area contributed by atoms with Crippen molar-refractivity contribution in [2.45, 2.75) is 0 Å². The maximum atomic E-state index is 11.3. The van der Waals surface area contributed by atoms with Crippen LogP contribution in [0.2, 0.25) is 0 Å². The van der Waals surface area contributed by atoms with E-state index in [4.69, 9.17) is 16.2 Å². The number of hydrogen-bond acceptors (Lipinski definition) is 4. The lowest BCUT2D eigenvalue weighted by molar-refractivity contribution is 0.0996. The Bertz CT molecular complexity index is 648. The molecule has 0 atom stereocenters. The molecule has 2 rings (SSSR count). The summed E-state index contributed by atoms with van der Waals surface area (Å²) in [5, 5.41) is 6.32. The molecular formula is C12H13N5O3. The first-order valence-corrected chi connectivity index (χ1v) is 5.61. The lowest BCUT2D eigenvalue weighted by Gasteiger charge is -2.02. The number of primary amides is 2. The quantitative estimate of drug-likeness (QED) is 0.749. The third kappa shape index (κ3) is 2.69. The topological polar surface area (TPSA) is 125 Å². The van der Waals surface area contributed by atoms with Crippen molar-refractivity contribution in [1.82, 2.24) is 9.78 Å². The Kier molecular flexibility index (Phi) is 3.56. The van der Waals surface area contributed by atoms with Crippen molar-refractivity contribution in [2.24, 2.45) is 11.5 Å². The standard InChI is InChI=1S/C12H13N5O3/c1-20-8-4-2-7(3-5-8)17-6-9(15-12(14)19)10(16-17)11(13)18/h2-6H,1H3,(H2,13,18)(H3,14,15,19). The number of ether oxygens (including phenoxy) is 1. The van der Waals surface area contributed by atoms with Crippen LogP contribution in [0, 0.1) is 0 Å². The number of benzene rings is 1. The van der Waals surface area contributed by atoms with Crippen LogP contribution in [0.3, 0.4) is 0 Å². The number of carbonyl (C=O) groups excluding carboxylic acids is 2. The van der Waals surface area contributed by atoms with Crippen molar-refractivity contribution in [2.75, 3.05) is 12.4 Å². The number of hydrogen-bond donors (Lipinski definition) is 3. The minimum Gasteiger partial charge on any atom is -0.497 e. The molecule has 8 heteroatoms. The van der Waals surface area contributed by atoms with Gasteiger partial charge in [0.15, 0.2) is 5.69 Å². The van der Waals surface area contributed by atoms with Gasteiger partial charge in [-0.25, -0.2) is 9.48 Å². The average molecular weight is 275 g/mol. The summed E-state index contributed by atoms with van der Waals surface area (Å²) in [6, 6.07) is 6.15. The van der Waals surface area contributed by atoms with Gasteiger partial charge in [0.05, 0.1) is 24.7 Å². The second-order valence-electron chi connectivity index (χ2n) is 3.89. The van der Waals surface area contributed by atoms with Gasteiger partial charge in [-0.2, -0.15) is 5.10 Å². The molecule has 1 aromatic heterocycles. The first-order valence-electron chi connectivity index (χ1n) is 5.61. The van der Waals surface area contributed by atoms with Crippen molar-refractivity contribution < 1.29 is 14.3 Å². The van der Waals surface area contributed by atoms with Crippen LogP contribution in [0.25, 0.3) is 5.69 Å². The Hall–Kier alpha value is -3.03. The van der Waals surface area contributed by atoms with Gasteiger partial charge in [-0.1, -0.05) is 0 Å². The van der Waals surface area contributed by atoms with Crippen molar-refractivity contribution >= 4 is 17.6 Å². The van der Waals surface area contributed by atoms with Crippen LogP contribution in [0.15, 0.2) is 30.5 Å². The van der Waals surface area contributed by atoms with E-state index >= 15 is 0 Å². The van der Waals surface area contributed by atoms with E-state index < -0.39 is 11.9 Å². The van der Waals surface area contributed by atoms with Crippen LogP contribution in [0.5, 0.6) is 5.75 Å². The average Bonchev–Trinajstić information content (AvgIpc) is 2.82. The molecule has 0 saturated heterocycles. The molecule has 0 aliphatic heterocycles. The Balaban J connectivity index is 2.41. The summed E-state index contributed by atoms with van der Waals surface area (Å²) >= 11 is 0. The Morgan fingerprint density at radius 2 is 1.90 bits per heavy atom. The van der Waals surface area contributed by atoms with E-state index in [2.05, 4.69) is 10.4 Å². The largest absolute Gasteiger partial charge is 0.497 e. The number of amides is 3. The van der Waals surface area contributed by atoms with Gasteiger partial charge in [-0.15, -0.1) is 0 Å². The maximum absolute atomic E-state index is 11.3. The summed E-state index contributed by atoms with van der Waals surface area (Å²) in [6.07, 6.45) is 1.45. The third-order valence-corrected chi connectivity index (χ3v) is 2.54. The highest BCUT2D eigenvalue weighted by Crippen LogP contribution is 2.19. The molecule has 5 N–H and O–H groups in total. The van der Waals surface area contributed by atoms with Crippen LogP contribution >= 0.6 is 0 Å². The summed E-state index contributed by atoms with van der Waals surface area (Å²) in [7, 11) is 1.56. The summed E-state index contributed by atoms with van der Waals surface area (Å²) in [5.41, 5.74) is 11.0. The Morgan fingerprint density at radius 1 is 1.25 bits per heavy atom. The van der Waals surface area contributed by atoms with E-state index in [0.29, 0.717) is 11.4 Å². The fourth-order valence-electron chi connectivity index (χ4n) is 1.65. The van der Waals surface area contributed by atoms with Crippen LogP contribution in [-0.2, 0) is 0 Å². The van der Waals surface area contributed by atoms with Crippen LogP contribution < -0.4 is 21.5 Å². The van der Waals surface area contributed by atoms with Gasteiger partial charge in [0.2, 0.25) is 0 Å². The molecule has 0 aliphatic carbocycles. The zero-order valence-corrected chi connectivity index (χ0v) is 10.7. The monoisotopic (exact) mass is 275 g/mol. The van der Waals surface area contributed by atoms with Gasteiger partial charge in [-0.05, 0) is 24.3 Å². The van der Waals surface area contributed by atoms with Gasteiger partial charge in [0, 0.05) is 0 Å². The molecule has 0 radical (unpaired) electrons. The molecule has 0 saturated carbocycles. The number of aromatic nitrogens is 2. The SMILES string of the molecule is COc1ccc(-n2cc(NC(N)=O)c(C(N)=O)n2)cc1. The van der Waals surface area contributed by atoms with E-state index in [-0.39, 0.29) is 11.4 Å². The molecule has 104 valence electrons. The van der Waals surface area contributed by atoms with Crippen LogP contribution in [0.1, 0.15) is 10.5 Å². The van der Waals surface area contributed by atoms with E-state index in [1.165, 1.54) is 10.9 Å². The molecule has 0 spiro atoms. The fraction of sp³-hybridized carbons (Fsp3) is 0.0833. The number of urea groups is 1. The number of anilines is 1. The lowest BCUT2D eigenvalue weighted by atomic mass is 10.3. The van der Waals surface area contributed by atoms with Gasteiger partial charge in [-0.3, -0.25) is 4.79 Å². The van der Waals surface area contributed by atoms with E-state index in [9.17, 15) is 9.59 Å². The Morgan fingerprint density at radius 3 is 2.40 bits per heavy atom. The molecule has 2 aromatic rings. The van der Waals surface area contributed by atoms with E-state index in [1.807, 2.05) is 0 Å². The number of nitrogens with zero attached hydrogens (tertiary/aromatic N) is 2. The van der Waals surface area contributed by atoms with Gasteiger partial charge >= 0.3 is 6.03 Å². The smallest absolute Gasteiger partial charge is 0.316 e. The van der Waals surface area contributed by atoms with Crippen LogP contribution in [0.4, 0.5) is 10.5 Å². The minimum absolute atomic E-state index is 0.0698. The van der Waals surface area contributed by atoms with Crippen molar-refractivity contribution in [3.8, 4) is 11.4 Å². The maximum Gasteiger partial charge on any atom is 0.316 e. The molecule has 3 amide bonds. The summed E-state index contributed by atoms with van der Waals surface area (Å²) in [4.78, 5) is 22.2. The van der Waals surface area contributed by atoms with E-state index in [1.54, 1.807) is 31.4 Å². The first kappa shape index (κ1) is 13.4. The predicted octanol–water partition coefficient (Wildman–Crippen LogP) is 0.470. The third-order valence-electron chi connectivity index (χ3n) is 2.54. The molecule has 1 heterocycles. The Labute approximate surface area is 114 Å². The predicted molar refractivity (Wildman–Crippen MR) is 71.8 cm³/mol. The second-order valence-corrected chi connectivity index (χ2v) is 3.89. The lowest BCUT2D eigenvalue weighted by Crippen LogP contribution is -2.22. The minimum atomic E-state index is -0.804. The van der Waals surface area contributed by atoms with Gasteiger partial charge < -0.3 is 21.5 Å². The zero-order valence-electron chi connectivity index (χ0n) is 10.7. The molecular weight excluding hydrogens is 262 g/mol. The van der Waals surface area contributed by atoms with Crippen molar-refractivity contribution in [1.29, 1.82) is 0 Å². The highest BCUT2D eigenvalue weighted by molar-refractivity contribution is 6.00. The molecule has 0 fully saturated rings. The summed E-state index contributed by atoms with van der Waals surface area (Å²) in [6.45, 7) is 0. The van der Waals surface area contributed by atoms with E-state index in [0.717, 1.165) is 0 Å². The number of nitrogens with one attached hydrogen (secondary N) is 1. The van der Waals surface area contributed by atoms with Crippen molar-refractivity contribution in [3.05, 3.63) is 36.2 Å². The highest BCUT2D eigenvalue weighted by atomic mass is 16.5. The van der Waals surface area contributed by atoms with Crippen molar-refractivity contribution in [3.63, 3.8) is 0 Å². The summed E-state index contributed by atoms with van der Waals surface area (Å²) in [5.74, 6) is -0.0764. The highest BCUT2D eigenvalue weighted by Gasteiger charge is 2.16. The molecule has 0 unspecified atom stereocenters. The molecule has 0 aliphatic rings. The number of nitrogens with two attached hydrogens (primary N) is 2. The van der Waals surface area contributed by atoms with Gasteiger partial charge in [0.25, 0.3) is 5.91 Å². The van der Waals surface area contributed by atoms with Gasteiger partial charge in [0.1, 0.15) is 5.75 Å².